The lowest BCUT2D eigenvalue weighted by atomic mass is 10.1. The monoisotopic (exact) mass is 248 g/mol. The molecule has 100 valence electrons. The molecule has 1 aliphatic carbocycles. The molecule has 1 aliphatic heterocycles. The highest BCUT2D eigenvalue weighted by molar-refractivity contribution is 4.96. The third-order valence-corrected chi connectivity index (χ3v) is 4.18. The van der Waals surface area contributed by atoms with E-state index in [0.717, 1.165) is 18.6 Å². The summed E-state index contributed by atoms with van der Waals surface area (Å²) in [5, 5.41) is 8.02. The van der Waals surface area contributed by atoms with E-state index < -0.39 is 0 Å². The Morgan fingerprint density at radius 1 is 1.44 bits per heavy atom. The first-order valence-corrected chi connectivity index (χ1v) is 7.21. The zero-order valence-electron chi connectivity index (χ0n) is 11.4. The second-order valence-corrected chi connectivity index (χ2v) is 6.01. The third kappa shape index (κ3) is 2.75. The lowest BCUT2D eigenvalue weighted by molar-refractivity contribution is 0.253. The molecule has 0 radical (unpaired) electrons. The number of rotatable bonds is 5. The molecule has 1 aromatic heterocycles. The Morgan fingerprint density at radius 3 is 2.94 bits per heavy atom. The summed E-state index contributed by atoms with van der Waals surface area (Å²) in [4.78, 5) is 2.69. The Kier molecular flexibility index (Phi) is 3.39. The molecular formula is C14H24N4. The molecule has 0 aromatic carbocycles. The van der Waals surface area contributed by atoms with Crippen molar-refractivity contribution in [1.29, 1.82) is 0 Å². The predicted octanol–water partition coefficient (Wildman–Crippen LogP) is 1.49. The first-order chi connectivity index (χ1) is 8.72. The molecule has 4 nitrogen and oxygen atoms in total. The molecule has 2 fully saturated rings. The fourth-order valence-corrected chi connectivity index (χ4v) is 3.24. The van der Waals surface area contributed by atoms with E-state index in [9.17, 15) is 0 Å². The van der Waals surface area contributed by atoms with Gasteiger partial charge in [0, 0.05) is 43.1 Å². The van der Waals surface area contributed by atoms with Crippen molar-refractivity contribution in [3.05, 3.63) is 18.5 Å². The number of nitrogens with one attached hydrogen (secondary N) is 1. The first kappa shape index (κ1) is 12.2. The highest BCUT2D eigenvalue weighted by atomic mass is 15.3. The Hall–Kier alpha value is -0.870. The maximum absolute atomic E-state index is 4.27. The van der Waals surface area contributed by atoms with Crippen LogP contribution in [0.25, 0.3) is 0 Å². The van der Waals surface area contributed by atoms with Crippen LogP contribution < -0.4 is 5.32 Å². The van der Waals surface area contributed by atoms with Crippen molar-refractivity contribution in [3.8, 4) is 0 Å². The number of hydrogen-bond donors (Lipinski definition) is 1. The Morgan fingerprint density at radius 2 is 2.28 bits per heavy atom. The van der Waals surface area contributed by atoms with Crippen molar-refractivity contribution in [2.45, 2.75) is 63.8 Å². The minimum Gasteiger partial charge on any atom is -0.308 e. The molecule has 2 aliphatic rings. The average Bonchev–Trinajstić information content (AvgIpc) is 2.92. The third-order valence-electron chi connectivity index (χ3n) is 4.18. The van der Waals surface area contributed by atoms with Crippen LogP contribution in [0.5, 0.6) is 0 Å². The summed E-state index contributed by atoms with van der Waals surface area (Å²) in [7, 11) is 0. The van der Waals surface area contributed by atoms with Gasteiger partial charge in [0.15, 0.2) is 0 Å². The fourth-order valence-electron chi connectivity index (χ4n) is 3.24. The summed E-state index contributed by atoms with van der Waals surface area (Å²) in [5.74, 6) is 0. The highest BCUT2D eigenvalue weighted by Gasteiger charge is 2.38. The summed E-state index contributed by atoms with van der Waals surface area (Å²) < 4.78 is 2.01. The van der Waals surface area contributed by atoms with Gasteiger partial charge in [-0.15, -0.1) is 0 Å². The largest absolute Gasteiger partial charge is 0.308 e. The van der Waals surface area contributed by atoms with Crippen molar-refractivity contribution in [2.24, 2.45) is 0 Å². The highest BCUT2D eigenvalue weighted by Crippen LogP contribution is 2.33. The summed E-state index contributed by atoms with van der Waals surface area (Å²) in [5.41, 5.74) is 0. The molecule has 1 N–H and O–H groups in total. The molecule has 1 saturated carbocycles. The molecule has 3 unspecified atom stereocenters. The second kappa shape index (κ2) is 5.02. The van der Waals surface area contributed by atoms with Gasteiger partial charge in [-0.25, -0.2) is 0 Å². The zero-order valence-corrected chi connectivity index (χ0v) is 11.4. The van der Waals surface area contributed by atoms with Crippen molar-refractivity contribution >= 4 is 0 Å². The molecule has 2 heterocycles. The molecule has 3 atom stereocenters. The van der Waals surface area contributed by atoms with Crippen LogP contribution in [-0.4, -0.2) is 45.4 Å². The minimum atomic E-state index is 0.487. The number of nitrogens with zero attached hydrogens (tertiary/aromatic N) is 3. The number of likely N-dealkylation sites (tertiary alicyclic amines) is 1. The van der Waals surface area contributed by atoms with Crippen LogP contribution in [0.4, 0.5) is 0 Å². The van der Waals surface area contributed by atoms with Crippen molar-refractivity contribution < 1.29 is 0 Å². The molecule has 4 heteroatoms. The first-order valence-electron chi connectivity index (χ1n) is 7.21. The summed E-state index contributed by atoms with van der Waals surface area (Å²) in [6.07, 6.45) is 8.00. The summed E-state index contributed by atoms with van der Waals surface area (Å²) in [6, 6.07) is 4.78. The van der Waals surface area contributed by atoms with E-state index in [-0.39, 0.29) is 0 Å². The van der Waals surface area contributed by atoms with Gasteiger partial charge < -0.3 is 5.32 Å². The zero-order chi connectivity index (χ0) is 12.5. The second-order valence-electron chi connectivity index (χ2n) is 6.01. The van der Waals surface area contributed by atoms with Crippen LogP contribution in [-0.2, 0) is 6.54 Å². The van der Waals surface area contributed by atoms with Crippen molar-refractivity contribution in [1.82, 2.24) is 20.0 Å². The molecule has 0 spiro atoms. The van der Waals surface area contributed by atoms with Crippen LogP contribution in [0.2, 0.25) is 0 Å². The smallest absolute Gasteiger partial charge is 0.0560 e. The van der Waals surface area contributed by atoms with Gasteiger partial charge in [-0.3, -0.25) is 9.58 Å². The molecule has 0 bridgehead atoms. The lowest BCUT2D eigenvalue weighted by Crippen LogP contribution is -2.41. The van der Waals surface area contributed by atoms with Crippen molar-refractivity contribution in [2.75, 3.05) is 6.54 Å². The van der Waals surface area contributed by atoms with E-state index in [4.69, 9.17) is 0 Å². The van der Waals surface area contributed by atoms with Crippen LogP contribution in [0.1, 0.15) is 33.1 Å². The van der Waals surface area contributed by atoms with Gasteiger partial charge in [0.05, 0.1) is 6.54 Å². The average molecular weight is 248 g/mol. The molecule has 1 aromatic rings. The standard InChI is InChI=1S/C14H24N4/c1-11(9-17-7-3-6-15-17)16-13-8-12(2)18(10-13)14-4-5-14/h3,6-7,11-14,16H,4-5,8-10H2,1-2H3. The van der Waals surface area contributed by atoms with Gasteiger partial charge in [-0.1, -0.05) is 0 Å². The van der Waals surface area contributed by atoms with Gasteiger partial charge in [0.1, 0.15) is 0 Å². The van der Waals surface area contributed by atoms with Gasteiger partial charge in [-0.2, -0.15) is 5.10 Å². The van der Waals surface area contributed by atoms with Gasteiger partial charge >= 0.3 is 0 Å². The minimum absolute atomic E-state index is 0.487. The Labute approximate surface area is 109 Å². The maximum atomic E-state index is 4.27. The van der Waals surface area contributed by atoms with Gasteiger partial charge in [0.25, 0.3) is 0 Å². The predicted molar refractivity (Wildman–Crippen MR) is 72.4 cm³/mol. The van der Waals surface area contributed by atoms with E-state index in [1.807, 2.05) is 23.1 Å². The van der Waals surface area contributed by atoms with E-state index in [0.29, 0.717) is 12.1 Å². The Balaban J connectivity index is 1.48. The van der Waals surface area contributed by atoms with Gasteiger partial charge in [0.2, 0.25) is 0 Å². The summed E-state index contributed by atoms with van der Waals surface area (Å²) in [6.45, 7) is 6.82. The van der Waals surface area contributed by atoms with Crippen LogP contribution >= 0.6 is 0 Å². The molecule has 3 rings (SSSR count). The summed E-state index contributed by atoms with van der Waals surface area (Å²) >= 11 is 0. The number of hydrogen-bond acceptors (Lipinski definition) is 3. The van der Waals surface area contributed by atoms with Crippen LogP contribution in [0.3, 0.4) is 0 Å². The topological polar surface area (TPSA) is 33.1 Å². The lowest BCUT2D eigenvalue weighted by Gasteiger charge is -2.21. The fraction of sp³-hybridized carbons (Fsp3) is 0.786. The van der Waals surface area contributed by atoms with E-state index in [2.05, 4.69) is 29.2 Å². The maximum Gasteiger partial charge on any atom is 0.0560 e. The molecule has 1 saturated heterocycles. The SMILES string of the molecule is CC(Cn1cccn1)NC1CC(C)N(C2CC2)C1. The van der Waals surface area contributed by atoms with Gasteiger partial charge in [-0.05, 0) is 39.2 Å². The molecular weight excluding hydrogens is 224 g/mol. The normalized spacial score (nSPS) is 30.8. The molecule has 18 heavy (non-hydrogen) atoms. The van der Waals surface area contributed by atoms with Crippen LogP contribution in [0.15, 0.2) is 18.5 Å². The van der Waals surface area contributed by atoms with Crippen LogP contribution in [0, 0.1) is 0 Å². The van der Waals surface area contributed by atoms with E-state index in [1.54, 1.807) is 0 Å². The van der Waals surface area contributed by atoms with E-state index >= 15 is 0 Å². The quantitative estimate of drug-likeness (QED) is 0.857. The Bertz CT molecular complexity index is 371. The van der Waals surface area contributed by atoms with Crippen molar-refractivity contribution in [3.63, 3.8) is 0 Å². The molecule has 0 amide bonds. The number of aromatic nitrogens is 2. The van der Waals surface area contributed by atoms with E-state index in [1.165, 1.54) is 25.8 Å².